The molecule has 116 valence electrons. The molecule has 2 atom stereocenters. The van der Waals surface area contributed by atoms with Crippen LogP contribution in [-0.2, 0) is 10.0 Å². The molecule has 6 nitrogen and oxygen atoms in total. The third-order valence-corrected chi connectivity index (χ3v) is 5.95. The van der Waals surface area contributed by atoms with E-state index in [0.29, 0.717) is 13.0 Å². The van der Waals surface area contributed by atoms with Gasteiger partial charge >= 0.3 is 0 Å². The van der Waals surface area contributed by atoms with Crippen molar-refractivity contribution in [2.45, 2.75) is 18.1 Å². The lowest BCUT2D eigenvalue weighted by atomic mass is 9.87. The van der Waals surface area contributed by atoms with E-state index in [2.05, 4.69) is 4.98 Å². The van der Waals surface area contributed by atoms with Gasteiger partial charge in [-0.05, 0) is 12.0 Å². The minimum absolute atomic E-state index is 0.114. The van der Waals surface area contributed by atoms with Crippen LogP contribution in [0.25, 0.3) is 11.3 Å². The van der Waals surface area contributed by atoms with Gasteiger partial charge in [-0.25, -0.2) is 13.4 Å². The number of sulfonamides is 1. The SMILES string of the molecule is CS(=O)(=O)N1CC[C@](O)([C@@H]2c3ccccc3-c3cncn32)C1. The van der Waals surface area contributed by atoms with Gasteiger partial charge in [0.1, 0.15) is 5.60 Å². The topological polar surface area (TPSA) is 75.4 Å². The molecule has 0 aliphatic carbocycles. The lowest BCUT2D eigenvalue weighted by Gasteiger charge is -2.31. The Hall–Kier alpha value is -1.70. The van der Waals surface area contributed by atoms with Crippen molar-refractivity contribution in [1.29, 1.82) is 0 Å². The molecule has 0 amide bonds. The maximum Gasteiger partial charge on any atom is 0.211 e. The van der Waals surface area contributed by atoms with Crippen LogP contribution in [0, 0.1) is 0 Å². The molecule has 2 aliphatic rings. The van der Waals surface area contributed by atoms with Gasteiger partial charge in [-0.1, -0.05) is 24.3 Å². The van der Waals surface area contributed by atoms with Gasteiger partial charge in [-0.15, -0.1) is 0 Å². The van der Waals surface area contributed by atoms with Crippen molar-refractivity contribution in [3.05, 3.63) is 42.4 Å². The van der Waals surface area contributed by atoms with Crippen molar-refractivity contribution in [2.24, 2.45) is 0 Å². The van der Waals surface area contributed by atoms with Gasteiger partial charge in [0.05, 0.1) is 30.5 Å². The smallest absolute Gasteiger partial charge is 0.211 e. The van der Waals surface area contributed by atoms with Crippen LogP contribution < -0.4 is 0 Å². The predicted molar refractivity (Wildman–Crippen MR) is 81.8 cm³/mol. The lowest BCUT2D eigenvalue weighted by molar-refractivity contribution is 0.0193. The average molecular weight is 319 g/mol. The second-order valence-corrected chi connectivity index (χ2v) is 8.11. The van der Waals surface area contributed by atoms with Crippen molar-refractivity contribution in [1.82, 2.24) is 13.9 Å². The van der Waals surface area contributed by atoms with Gasteiger partial charge in [-0.2, -0.15) is 4.31 Å². The second-order valence-electron chi connectivity index (χ2n) is 6.13. The highest BCUT2D eigenvalue weighted by molar-refractivity contribution is 7.88. The van der Waals surface area contributed by atoms with E-state index < -0.39 is 15.6 Å². The number of aromatic nitrogens is 2. The van der Waals surface area contributed by atoms with Crippen LogP contribution in [0.4, 0.5) is 0 Å². The zero-order valence-corrected chi connectivity index (χ0v) is 13.0. The summed E-state index contributed by atoms with van der Waals surface area (Å²) in [5, 5.41) is 11.2. The van der Waals surface area contributed by atoms with E-state index >= 15 is 0 Å². The Morgan fingerprint density at radius 3 is 2.86 bits per heavy atom. The van der Waals surface area contributed by atoms with Gasteiger partial charge in [0.2, 0.25) is 10.0 Å². The first-order valence-electron chi connectivity index (χ1n) is 7.19. The van der Waals surface area contributed by atoms with Crippen molar-refractivity contribution in [3.8, 4) is 11.3 Å². The minimum Gasteiger partial charge on any atom is -0.386 e. The maximum atomic E-state index is 11.8. The summed E-state index contributed by atoms with van der Waals surface area (Å²) >= 11 is 0. The third-order valence-electron chi connectivity index (χ3n) is 4.70. The molecule has 1 N–H and O–H groups in total. The number of rotatable bonds is 2. The summed E-state index contributed by atoms with van der Waals surface area (Å²) in [5.74, 6) is 0. The van der Waals surface area contributed by atoms with E-state index in [1.807, 2.05) is 28.8 Å². The molecule has 0 bridgehead atoms. The van der Waals surface area contributed by atoms with E-state index in [9.17, 15) is 13.5 Å². The summed E-state index contributed by atoms with van der Waals surface area (Å²) in [6.45, 7) is 0.459. The van der Waals surface area contributed by atoms with Crippen LogP contribution in [0.2, 0.25) is 0 Å². The Kier molecular flexibility index (Phi) is 2.79. The number of nitrogens with zero attached hydrogens (tertiary/aromatic N) is 3. The normalized spacial score (nSPS) is 27.8. The van der Waals surface area contributed by atoms with E-state index in [1.54, 1.807) is 12.5 Å². The van der Waals surface area contributed by atoms with E-state index in [1.165, 1.54) is 10.6 Å². The molecule has 2 aromatic rings. The van der Waals surface area contributed by atoms with Crippen LogP contribution in [0.1, 0.15) is 18.0 Å². The highest BCUT2D eigenvalue weighted by atomic mass is 32.2. The van der Waals surface area contributed by atoms with E-state index in [0.717, 1.165) is 16.8 Å². The van der Waals surface area contributed by atoms with Crippen LogP contribution in [0.15, 0.2) is 36.8 Å². The van der Waals surface area contributed by atoms with Gasteiger partial charge in [-0.3, -0.25) is 0 Å². The van der Waals surface area contributed by atoms with Gasteiger partial charge in [0.15, 0.2) is 0 Å². The molecular weight excluding hydrogens is 302 g/mol. The van der Waals surface area contributed by atoms with Crippen LogP contribution in [0.5, 0.6) is 0 Å². The van der Waals surface area contributed by atoms with Crippen LogP contribution in [-0.4, -0.2) is 52.3 Å². The summed E-state index contributed by atoms with van der Waals surface area (Å²) in [4.78, 5) is 4.18. The molecule has 1 aromatic carbocycles. The zero-order chi connectivity index (χ0) is 15.5. The molecule has 0 radical (unpaired) electrons. The van der Waals surface area contributed by atoms with Gasteiger partial charge < -0.3 is 9.67 Å². The minimum atomic E-state index is -3.30. The molecule has 3 heterocycles. The summed E-state index contributed by atoms with van der Waals surface area (Å²) in [7, 11) is -3.30. The Bertz CT molecular complexity index is 845. The number of aliphatic hydroxyl groups is 1. The monoisotopic (exact) mass is 319 g/mol. The van der Waals surface area contributed by atoms with E-state index in [-0.39, 0.29) is 12.6 Å². The van der Waals surface area contributed by atoms with Gasteiger partial charge in [0, 0.05) is 18.7 Å². The Balaban J connectivity index is 1.81. The fraction of sp³-hybridized carbons (Fsp3) is 0.400. The Morgan fingerprint density at radius 1 is 1.36 bits per heavy atom. The quantitative estimate of drug-likeness (QED) is 0.890. The summed E-state index contributed by atoms with van der Waals surface area (Å²) in [6, 6.07) is 7.61. The van der Waals surface area contributed by atoms with Crippen molar-refractivity contribution < 1.29 is 13.5 Å². The van der Waals surface area contributed by atoms with E-state index in [4.69, 9.17) is 0 Å². The molecule has 1 fully saturated rings. The van der Waals surface area contributed by atoms with Gasteiger partial charge in [0.25, 0.3) is 0 Å². The molecule has 2 aliphatic heterocycles. The zero-order valence-electron chi connectivity index (χ0n) is 12.2. The molecule has 7 heteroatoms. The maximum absolute atomic E-state index is 11.8. The fourth-order valence-electron chi connectivity index (χ4n) is 3.67. The van der Waals surface area contributed by atoms with Crippen LogP contribution in [0.3, 0.4) is 0 Å². The largest absolute Gasteiger partial charge is 0.386 e. The standard InChI is InChI=1S/C15H17N3O3S/c1-22(20,21)17-7-6-15(19,9-17)14-12-5-3-2-4-11(12)13-8-16-10-18(13)14/h2-5,8,10,14,19H,6-7,9H2,1H3/t14-,15+/m0/s1. The lowest BCUT2D eigenvalue weighted by Crippen LogP contribution is -2.42. The highest BCUT2D eigenvalue weighted by Crippen LogP contribution is 2.47. The summed E-state index contributed by atoms with van der Waals surface area (Å²) in [6.07, 6.45) is 5.09. The molecule has 0 saturated carbocycles. The molecule has 22 heavy (non-hydrogen) atoms. The average Bonchev–Trinajstić information content (AvgIpc) is 3.11. The molecule has 4 rings (SSSR count). The molecular formula is C15H17N3O3S. The number of hydrogen-bond donors (Lipinski definition) is 1. The molecule has 0 unspecified atom stereocenters. The first kappa shape index (κ1) is 13.9. The number of fused-ring (bicyclic) bond motifs is 3. The van der Waals surface area contributed by atoms with Crippen molar-refractivity contribution in [3.63, 3.8) is 0 Å². The first-order valence-corrected chi connectivity index (χ1v) is 9.04. The fourth-order valence-corrected chi connectivity index (χ4v) is 4.55. The van der Waals surface area contributed by atoms with Crippen molar-refractivity contribution in [2.75, 3.05) is 19.3 Å². The number of β-amino-alcohol motifs (C(OH)–C–C–N with tert-alkyl or cyclic N) is 1. The highest BCUT2D eigenvalue weighted by Gasteiger charge is 2.49. The molecule has 1 saturated heterocycles. The molecule has 0 spiro atoms. The molecule has 1 aromatic heterocycles. The number of imidazole rings is 1. The van der Waals surface area contributed by atoms with Crippen molar-refractivity contribution >= 4 is 10.0 Å². The first-order chi connectivity index (χ1) is 10.4. The summed E-state index contributed by atoms with van der Waals surface area (Å²) < 4.78 is 26.9. The second kappa shape index (κ2) is 4.41. The van der Waals surface area contributed by atoms with Crippen LogP contribution >= 0.6 is 0 Å². The third kappa shape index (κ3) is 1.86. The Labute approximate surface area is 129 Å². The predicted octanol–water partition coefficient (Wildman–Crippen LogP) is 0.849. The summed E-state index contributed by atoms with van der Waals surface area (Å²) in [5.41, 5.74) is 1.92. The number of benzene rings is 1. The Morgan fingerprint density at radius 2 is 2.14 bits per heavy atom. The number of hydrogen-bond acceptors (Lipinski definition) is 4.